The number of thiazole rings is 1. The van der Waals surface area contributed by atoms with E-state index in [1.807, 2.05) is 11.3 Å². The number of nitrogens with two attached hydrogens (primary N) is 1. The Morgan fingerprint density at radius 1 is 1.17 bits per heavy atom. The van der Waals surface area contributed by atoms with Gasteiger partial charge in [0.25, 0.3) is 0 Å². The van der Waals surface area contributed by atoms with Crippen LogP contribution in [0.2, 0.25) is 0 Å². The molecule has 0 aromatic carbocycles. The number of rotatable bonds is 3. The van der Waals surface area contributed by atoms with Gasteiger partial charge in [-0.05, 0) is 51.0 Å². The second-order valence-corrected chi connectivity index (χ2v) is 7.06. The second kappa shape index (κ2) is 5.70. The predicted molar refractivity (Wildman–Crippen MR) is 77.1 cm³/mol. The van der Waals surface area contributed by atoms with Gasteiger partial charge >= 0.3 is 0 Å². The van der Waals surface area contributed by atoms with Crippen molar-refractivity contribution in [3.63, 3.8) is 0 Å². The number of aryl methyl sites for hydroxylation is 1. The van der Waals surface area contributed by atoms with Crippen molar-refractivity contribution in [1.29, 1.82) is 0 Å². The summed E-state index contributed by atoms with van der Waals surface area (Å²) >= 11 is 2.02. The van der Waals surface area contributed by atoms with Crippen LogP contribution in [0.25, 0.3) is 0 Å². The van der Waals surface area contributed by atoms with Crippen LogP contribution < -0.4 is 5.73 Å². The molecule has 1 aromatic rings. The molecule has 0 spiro atoms. The van der Waals surface area contributed by atoms with Gasteiger partial charge in [0.2, 0.25) is 0 Å². The normalized spacial score (nSPS) is 25.1. The van der Waals surface area contributed by atoms with Crippen LogP contribution in [0.5, 0.6) is 0 Å². The molecule has 0 aliphatic heterocycles. The van der Waals surface area contributed by atoms with Gasteiger partial charge < -0.3 is 5.73 Å². The quantitative estimate of drug-likeness (QED) is 0.905. The van der Waals surface area contributed by atoms with E-state index >= 15 is 0 Å². The van der Waals surface area contributed by atoms with Crippen molar-refractivity contribution in [2.45, 2.75) is 63.7 Å². The minimum Gasteiger partial charge on any atom is -0.330 e. The molecule has 1 unspecified atom stereocenters. The Kier molecular flexibility index (Phi) is 4.00. The second-order valence-electron chi connectivity index (χ2n) is 5.94. The summed E-state index contributed by atoms with van der Waals surface area (Å²) in [4.78, 5) is 6.54. The molecule has 2 N–H and O–H groups in total. The Balaban J connectivity index is 1.72. The predicted octanol–water partition coefficient (Wildman–Crippen LogP) is 3.64. The molecule has 0 amide bonds. The Labute approximate surface area is 114 Å². The molecule has 1 atom stereocenters. The molecule has 1 fully saturated rings. The van der Waals surface area contributed by atoms with Crippen molar-refractivity contribution in [1.82, 2.24) is 4.98 Å². The maximum atomic E-state index is 5.69. The van der Waals surface area contributed by atoms with E-state index in [1.165, 1.54) is 68.5 Å². The van der Waals surface area contributed by atoms with E-state index < -0.39 is 0 Å². The summed E-state index contributed by atoms with van der Waals surface area (Å²) in [5, 5.41) is 1.45. The highest BCUT2D eigenvalue weighted by atomic mass is 32.1. The van der Waals surface area contributed by atoms with E-state index in [0.29, 0.717) is 0 Å². The average molecular weight is 264 g/mol. The summed E-state index contributed by atoms with van der Waals surface area (Å²) in [7, 11) is 0. The summed E-state index contributed by atoms with van der Waals surface area (Å²) < 4.78 is 0. The lowest BCUT2D eigenvalue weighted by atomic mass is 9.88. The molecule has 3 rings (SSSR count). The Bertz CT molecular complexity index is 393. The van der Waals surface area contributed by atoms with Gasteiger partial charge in [0, 0.05) is 10.8 Å². The van der Waals surface area contributed by atoms with Gasteiger partial charge in [-0.25, -0.2) is 4.98 Å². The van der Waals surface area contributed by atoms with Crippen molar-refractivity contribution in [3.05, 3.63) is 15.6 Å². The van der Waals surface area contributed by atoms with Gasteiger partial charge in [0.05, 0.1) is 10.7 Å². The van der Waals surface area contributed by atoms with E-state index in [0.717, 1.165) is 18.4 Å². The van der Waals surface area contributed by atoms with E-state index in [4.69, 9.17) is 10.7 Å². The summed E-state index contributed by atoms with van der Waals surface area (Å²) in [5.74, 6) is 1.60. The molecule has 2 nitrogen and oxygen atoms in total. The maximum Gasteiger partial charge on any atom is 0.0962 e. The van der Waals surface area contributed by atoms with Gasteiger partial charge in [0.1, 0.15) is 0 Å². The van der Waals surface area contributed by atoms with Crippen molar-refractivity contribution >= 4 is 11.3 Å². The lowest BCUT2D eigenvalue weighted by Gasteiger charge is -2.19. The molecular weight excluding hydrogens is 240 g/mol. The van der Waals surface area contributed by atoms with Gasteiger partial charge in [-0.15, -0.1) is 11.3 Å². The molecular formula is C15H24N2S. The van der Waals surface area contributed by atoms with Gasteiger partial charge in [-0.3, -0.25) is 0 Å². The molecule has 2 aliphatic rings. The molecule has 18 heavy (non-hydrogen) atoms. The first kappa shape index (κ1) is 12.6. The third-order valence-corrected chi connectivity index (χ3v) is 5.87. The lowest BCUT2D eigenvalue weighted by molar-refractivity contribution is 0.429. The van der Waals surface area contributed by atoms with E-state index in [9.17, 15) is 0 Å². The number of aromatic nitrogens is 1. The first-order chi connectivity index (χ1) is 8.86. The largest absolute Gasteiger partial charge is 0.330 e. The highest BCUT2D eigenvalue weighted by molar-refractivity contribution is 7.11. The first-order valence-electron chi connectivity index (χ1n) is 7.55. The van der Waals surface area contributed by atoms with Crippen LogP contribution in [0.3, 0.4) is 0 Å². The Hall–Kier alpha value is -0.410. The fourth-order valence-corrected chi connectivity index (χ4v) is 4.86. The Morgan fingerprint density at radius 3 is 2.78 bits per heavy atom. The molecule has 100 valence electrons. The molecule has 2 aliphatic carbocycles. The van der Waals surface area contributed by atoms with Gasteiger partial charge in [-0.1, -0.05) is 19.3 Å². The summed E-state index contributed by atoms with van der Waals surface area (Å²) in [5.41, 5.74) is 7.11. The van der Waals surface area contributed by atoms with E-state index in [2.05, 4.69) is 0 Å². The lowest BCUT2D eigenvalue weighted by Crippen LogP contribution is -2.16. The summed E-state index contributed by atoms with van der Waals surface area (Å²) in [6.45, 7) is 0.842. The number of hydrogen-bond acceptors (Lipinski definition) is 3. The van der Waals surface area contributed by atoms with Crippen LogP contribution in [0.1, 0.15) is 66.4 Å². The van der Waals surface area contributed by atoms with Crippen LogP contribution >= 0.6 is 11.3 Å². The van der Waals surface area contributed by atoms with Crippen molar-refractivity contribution in [3.8, 4) is 0 Å². The highest BCUT2D eigenvalue weighted by Gasteiger charge is 2.25. The van der Waals surface area contributed by atoms with Crippen LogP contribution in [0, 0.1) is 5.92 Å². The third kappa shape index (κ3) is 2.62. The molecule has 3 heteroatoms. The molecule has 1 aromatic heterocycles. The van der Waals surface area contributed by atoms with Crippen molar-refractivity contribution in [2.75, 3.05) is 6.54 Å². The fourth-order valence-electron chi connectivity index (χ4n) is 3.47. The standard InChI is InChI=1S/C15H24N2S/c16-9-8-11-6-7-13-14(10-11)18-15(17-13)12-4-2-1-3-5-12/h11-12H,1-10,16H2. The topological polar surface area (TPSA) is 38.9 Å². The molecule has 1 heterocycles. The molecule has 0 radical (unpaired) electrons. The fraction of sp³-hybridized carbons (Fsp3) is 0.800. The van der Waals surface area contributed by atoms with Crippen LogP contribution in [0.15, 0.2) is 0 Å². The summed E-state index contributed by atoms with van der Waals surface area (Å²) in [6.07, 6.45) is 11.9. The Morgan fingerprint density at radius 2 is 2.00 bits per heavy atom. The molecule has 1 saturated carbocycles. The zero-order chi connectivity index (χ0) is 12.4. The van der Waals surface area contributed by atoms with E-state index in [-0.39, 0.29) is 0 Å². The zero-order valence-electron chi connectivity index (χ0n) is 11.2. The zero-order valence-corrected chi connectivity index (χ0v) is 12.0. The number of hydrogen-bond donors (Lipinski definition) is 1. The van der Waals surface area contributed by atoms with Crippen molar-refractivity contribution < 1.29 is 0 Å². The minimum atomic E-state index is 0.780. The third-order valence-electron chi connectivity index (χ3n) is 4.59. The highest BCUT2D eigenvalue weighted by Crippen LogP contribution is 2.39. The summed E-state index contributed by atoms with van der Waals surface area (Å²) in [6, 6.07) is 0. The van der Waals surface area contributed by atoms with Gasteiger partial charge in [0.15, 0.2) is 0 Å². The monoisotopic (exact) mass is 264 g/mol. The van der Waals surface area contributed by atoms with Crippen molar-refractivity contribution in [2.24, 2.45) is 11.7 Å². The van der Waals surface area contributed by atoms with Gasteiger partial charge in [-0.2, -0.15) is 0 Å². The molecule has 0 saturated heterocycles. The maximum absolute atomic E-state index is 5.69. The molecule has 0 bridgehead atoms. The first-order valence-corrected chi connectivity index (χ1v) is 8.37. The SMILES string of the molecule is NCCC1CCc2nc(C3CCCCC3)sc2C1. The smallest absolute Gasteiger partial charge is 0.0962 e. The average Bonchev–Trinajstić information content (AvgIpc) is 2.83. The van der Waals surface area contributed by atoms with Crippen LogP contribution in [-0.4, -0.2) is 11.5 Å². The number of fused-ring (bicyclic) bond motifs is 1. The minimum absolute atomic E-state index is 0.780. The van der Waals surface area contributed by atoms with Crippen LogP contribution in [-0.2, 0) is 12.8 Å². The number of nitrogens with zero attached hydrogens (tertiary/aromatic N) is 1. The van der Waals surface area contributed by atoms with E-state index in [1.54, 1.807) is 4.88 Å². The van der Waals surface area contributed by atoms with Crippen LogP contribution in [0.4, 0.5) is 0 Å².